The number of methoxy groups -OCH3 is 2. The largest absolute Gasteiger partial charge is 0.508 e. The van der Waals surface area contributed by atoms with Gasteiger partial charge in [-0.2, -0.15) is 0 Å². The van der Waals surface area contributed by atoms with Crippen LogP contribution in [0.4, 0.5) is 0 Å². The zero-order valence-electron chi connectivity index (χ0n) is 19.4. The van der Waals surface area contributed by atoms with Crippen molar-refractivity contribution in [2.45, 2.75) is 12.5 Å². The van der Waals surface area contributed by atoms with Crippen molar-refractivity contribution in [3.05, 3.63) is 95.5 Å². The molecular formula is C26H27N5O4. The highest BCUT2D eigenvalue weighted by Gasteiger charge is 2.21. The summed E-state index contributed by atoms with van der Waals surface area (Å²) < 4.78 is 10.5. The van der Waals surface area contributed by atoms with Crippen LogP contribution in [0.15, 0.2) is 78.8 Å². The quantitative estimate of drug-likeness (QED) is 0.225. The van der Waals surface area contributed by atoms with Crippen molar-refractivity contribution in [3.63, 3.8) is 0 Å². The van der Waals surface area contributed by atoms with Gasteiger partial charge in [0.25, 0.3) is 5.91 Å². The van der Waals surface area contributed by atoms with Crippen LogP contribution in [-0.4, -0.2) is 41.6 Å². The third kappa shape index (κ3) is 6.23. The second-order valence-electron chi connectivity index (χ2n) is 7.59. The Labute approximate surface area is 203 Å². The van der Waals surface area contributed by atoms with Crippen LogP contribution in [0.3, 0.4) is 0 Å². The van der Waals surface area contributed by atoms with Gasteiger partial charge in [0.15, 0.2) is 11.5 Å². The number of nitrogens with zero attached hydrogens (tertiary/aromatic N) is 1. The molecule has 0 saturated heterocycles. The van der Waals surface area contributed by atoms with Gasteiger partial charge in [0.1, 0.15) is 5.75 Å². The van der Waals surface area contributed by atoms with Crippen LogP contribution in [0.5, 0.6) is 17.2 Å². The molecule has 1 atom stereocenters. The van der Waals surface area contributed by atoms with E-state index in [2.05, 4.69) is 10.3 Å². The molecule has 9 heteroatoms. The Bertz CT molecular complexity index is 1260. The lowest BCUT2D eigenvalue weighted by Gasteiger charge is -2.21. The van der Waals surface area contributed by atoms with Gasteiger partial charge >= 0.3 is 0 Å². The first kappa shape index (κ1) is 25.0. The zero-order valence-corrected chi connectivity index (χ0v) is 19.4. The van der Waals surface area contributed by atoms with E-state index in [1.807, 2.05) is 0 Å². The number of hydrogen-bond acceptors (Lipinski definition) is 8. The Kier molecular flexibility index (Phi) is 8.18. The summed E-state index contributed by atoms with van der Waals surface area (Å²) >= 11 is 0. The predicted molar refractivity (Wildman–Crippen MR) is 133 cm³/mol. The minimum absolute atomic E-state index is 0.000754. The lowest BCUT2D eigenvalue weighted by atomic mass is 9.97. The van der Waals surface area contributed by atoms with Crippen LogP contribution in [0.25, 0.3) is 0 Å². The van der Waals surface area contributed by atoms with Gasteiger partial charge in [0, 0.05) is 41.2 Å². The van der Waals surface area contributed by atoms with Crippen molar-refractivity contribution in [2.24, 2.45) is 5.73 Å². The van der Waals surface area contributed by atoms with Crippen molar-refractivity contribution in [1.29, 1.82) is 10.8 Å². The highest BCUT2D eigenvalue weighted by atomic mass is 16.5. The fraction of sp³-hybridized carbons (Fsp3) is 0.154. The van der Waals surface area contributed by atoms with E-state index in [9.17, 15) is 9.90 Å². The van der Waals surface area contributed by atoms with Crippen molar-refractivity contribution < 1.29 is 19.4 Å². The van der Waals surface area contributed by atoms with Gasteiger partial charge in [-0.05, 0) is 36.4 Å². The second-order valence-corrected chi connectivity index (χ2v) is 7.59. The summed E-state index contributed by atoms with van der Waals surface area (Å²) in [6.07, 6.45) is 4.50. The van der Waals surface area contributed by atoms with Crippen molar-refractivity contribution in [1.82, 2.24) is 10.3 Å². The molecule has 0 radical (unpaired) electrons. The predicted octanol–water partition coefficient (Wildman–Crippen LogP) is 3.33. The summed E-state index contributed by atoms with van der Waals surface area (Å²) in [6, 6.07) is 14.2. The molecule has 1 aromatic heterocycles. The van der Waals surface area contributed by atoms with Crippen LogP contribution in [0.1, 0.15) is 29.2 Å². The topological polar surface area (TPSA) is 154 Å². The summed E-state index contributed by atoms with van der Waals surface area (Å²) in [5.41, 5.74) is 7.57. The first-order valence-electron chi connectivity index (χ1n) is 10.7. The van der Waals surface area contributed by atoms with Crippen molar-refractivity contribution >= 4 is 17.3 Å². The maximum Gasteiger partial charge on any atom is 0.267 e. The minimum atomic E-state index is -0.737. The van der Waals surface area contributed by atoms with Gasteiger partial charge in [-0.3, -0.25) is 9.78 Å². The normalized spacial score (nSPS) is 11.9. The number of aromatic hydroxyl groups is 1. The number of carbonyl (C=O) groups excluding carboxylic acids is 1. The van der Waals surface area contributed by atoms with Crippen molar-refractivity contribution in [3.8, 4) is 17.2 Å². The lowest BCUT2D eigenvalue weighted by Crippen LogP contribution is -2.34. The summed E-state index contributed by atoms with van der Waals surface area (Å²) in [4.78, 5) is 17.0. The lowest BCUT2D eigenvalue weighted by molar-refractivity contribution is -0.118. The molecule has 0 spiro atoms. The first-order valence-corrected chi connectivity index (χ1v) is 10.7. The van der Waals surface area contributed by atoms with E-state index in [0.29, 0.717) is 28.2 Å². The molecule has 1 heterocycles. The molecule has 0 saturated carbocycles. The Balaban J connectivity index is 1.82. The Hall–Kier alpha value is -4.66. The SMILES string of the molecule is COc1ccc(C(=N)/C=C(\N)C(=O)NC(CC(=N)c2cccnc2)c2ccccc2O)cc1OC. The average Bonchev–Trinajstić information content (AvgIpc) is 2.88. The number of nitrogens with one attached hydrogen (secondary N) is 3. The number of amides is 1. The average molecular weight is 474 g/mol. The number of phenolic OH excluding ortho intramolecular Hbond substituents is 1. The number of nitrogens with two attached hydrogens (primary N) is 1. The number of para-hydroxylation sites is 1. The first-order chi connectivity index (χ1) is 16.8. The molecule has 6 N–H and O–H groups in total. The van der Waals surface area contributed by atoms with Crippen LogP contribution < -0.4 is 20.5 Å². The van der Waals surface area contributed by atoms with Gasteiger partial charge in [-0.15, -0.1) is 0 Å². The maximum atomic E-state index is 12.9. The molecular weight excluding hydrogens is 446 g/mol. The summed E-state index contributed by atoms with van der Waals surface area (Å²) in [5.74, 6) is 0.305. The summed E-state index contributed by atoms with van der Waals surface area (Å²) in [6.45, 7) is 0. The monoisotopic (exact) mass is 473 g/mol. The molecule has 1 unspecified atom stereocenters. The molecule has 1 amide bonds. The van der Waals surface area contributed by atoms with E-state index < -0.39 is 11.9 Å². The number of benzene rings is 2. The number of carbonyl (C=O) groups is 1. The Morgan fingerprint density at radius 3 is 2.49 bits per heavy atom. The molecule has 9 nitrogen and oxygen atoms in total. The molecule has 35 heavy (non-hydrogen) atoms. The van der Waals surface area contributed by atoms with Crippen LogP contribution in [0, 0.1) is 10.8 Å². The number of aromatic nitrogens is 1. The standard InChI is InChI=1S/C26H27N5O4/c1-34-24-10-9-16(12-25(24)35-2)19(27)13-21(29)26(33)31-22(18-7-3-4-8-23(18)32)14-20(28)17-6-5-11-30-15-17/h3-13,15,22,27-28,32H,14,29H2,1-2H3,(H,31,33)/b21-13-,27-19?,28-20?. The van der Waals surface area contributed by atoms with Crippen LogP contribution in [0.2, 0.25) is 0 Å². The number of hydrogen-bond donors (Lipinski definition) is 5. The van der Waals surface area contributed by atoms with E-state index in [4.69, 9.17) is 26.0 Å². The van der Waals surface area contributed by atoms with E-state index in [0.717, 1.165) is 0 Å². The fourth-order valence-electron chi connectivity index (χ4n) is 3.43. The highest BCUT2D eigenvalue weighted by Crippen LogP contribution is 2.29. The fourth-order valence-corrected chi connectivity index (χ4v) is 3.43. The Morgan fingerprint density at radius 1 is 1.09 bits per heavy atom. The maximum absolute atomic E-state index is 12.9. The summed E-state index contributed by atoms with van der Waals surface area (Å²) in [7, 11) is 3.01. The third-order valence-corrected chi connectivity index (χ3v) is 5.29. The molecule has 0 aliphatic rings. The number of allylic oxidation sites excluding steroid dienone is 1. The van der Waals surface area contributed by atoms with Gasteiger partial charge in [-0.25, -0.2) is 0 Å². The molecule has 3 aromatic rings. The van der Waals surface area contributed by atoms with Gasteiger partial charge in [0.05, 0.1) is 31.7 Å². The number of pyridine rings is 1. The van der Waals surface area contributed by atoms with E-state index in [-0.39, 0.29) is 29.3 Å². The van der Waals surface area contributed by atoms with Crippen LogP contribution >= 0.6 is 0 Å². The molecule has 180 valence electrons. The molecule has 2 aromatic carbocycles. The summed E-state index contributed by atoms with van der Waals surface area (Å²) in [5, 5.41) is 29.9. The molecule has 0 fully saturated rings. The number of phenols is 1. The van der Waals surface area contributed by atoms with Gasteiger partial charge in [0.2, 0.25) is 0 Å². The van der Waals surface area contributed by atoms with Crippen LogP contribution in [-0.2, 0) is 4.79 Å². The van der Waals surface area contributed by atoms with E-state index >= 15 is 0 Å². The molecule has 0 bridgehead atoms. The third-order valence-electron chi connectivity index (χ3n) is 5.29. The number of ether oxygens (including phenoxy) is 2. The van der Waals surface area contributed by atoms with Gasteiger partial charge < -0.3 is 36.4 Å². The zero-order chi connectivity index (χ0) is 25.4. The Morgan fingerprint density at radius 2 is 1.83 bits per heavy atom. The van der Waals surface area contributed by atoms with Gasteiger partial charge in [-0.1, -0.05) is 24.3 Å². The minimum Gasteiger partial charge on any atom is -0.508 e. The molecule has 0 aliphatic carbocycles. The van der Waals surface area contributed by atoms with E-state index in [1.54, 1.807) is 60.9 Å². The van der Waals surface area contributed by atoms with Crippen molar-refractivity contribution in [2.75, 3.05) is 14.2 Å². The smallest absolute Gasteiger partial charge is 0.267 e. The number of rotatable bonds is 10. The second kappa shape index (κ2) is 11.5. The molecule has 0 aliphatic heterocycles. The highest BCUT2D eigenvalue weighted by molar-refractivity contribution is 6.11. The van der Waals surface area contributed by atoms with E-state index in [1.165, 1.54) is 26.4 Å². The molecule has 3 rings (SSSR count).